The number of aryl methyl sites for hydroxylation is 1. The van der Waals surface area contributed by atoms with Crippen molar-refractivity contribution in [1.29, 1.82) is 0 Å². The Morgan fingerprint density at radius 3 is 2.00 bits per heavy atom. The molecule has 0 saturated heterocycles. The molecule has 1 aromatic heterocycles. The molecule has 1 aromatic rings. The quantitative estimate of drug-likeness (QED) is 0.788. The van der Waals surface area contributed by atoms with Crippen molar-refractivity contribution in [2.24, 2.45) is 0 Å². The minimum absolute atomic E-state index is 0.323. The third-order valence-electron chi connectivity index (χ3n) is 2.74. The first-order valence-electron chi connectivity index (χ1n) is 6.03. The normalized spacial score (nSPS) is 12.3. The van der Waals surface area contributed by atoms with E-state index in [9.17, 15) is 0 Å². The predicted molar refractivity (Wildman–Crippen MR) is 69.4 cm³/mol. The molecule has 0 N–H and O–H groups in total. The molecule has 1 atom stereocenters. The molecule has 92 valence electrons. The number of hydrogen-bond donors (Lipinski definition) is 0. The lowest BCUT2D eigenvalue weighted by Gasteiger charge is -2.28. The number of rotatable bonds is 3. The summed E-state index contributed by atoms with van der Waals surface area (Å²) < 4.78 is 0. The third-order valence-corrected chi connectivity index (χ3v) is 2.74. The Bertz CT molecular complexity index is 297. The SMILES string of the molecule is CC.Cc1nccnc1C(C)N(C)C(C)C. The van der Waals surface area contributed by atoms with E-state index in [0.717, 1.165) is 11.4 Å². The van der Waals surface area contributed by atoms with Gasteiger partial charge >= 0.3 is 0 Å². The fourth-order valence-corrected chi connectivity index (χ4v) is 1.47. The summed E-state index contributed by atoms with van der Waals surface area (Å²) in [7, 11) is 2.11. The fourth-order valence-electron chi connectivity index (χ4n) is 1.47. The van der Waals surface area contributed by atoms with Crippen molar-refractivity contribution >= 4 is 0 Å². The molecule has 0 aliphatic heterocycles. The first-order chi connectivity index (χ1) is 7.54. The van der Waals surface area contributed by atoms with E-state index in [0.29, 0.717) is 12.1 Å². The maximum atomic E-state index is 4.38. The molecule has 1 rings (SSSR count). The number of hydrogen-bond acceptors (Lipinski definition) is 3. The second-order valence-electron chi connectivity index (χ2n) is 3.96. The van der Waals surface area contributed by atoms with Gasteiger partial charge in [-0.2, -0.15) is 0 Å². The molecule has 0 bridgehead atoms. The molecule has 1 unspecified atom stereocenters. The summed E-state index contributed by atoms with van der Waals surface area (Å²) in [5, 5.41) is 0. The molecule has 0 saturated carbocycles. The molecule has 0 aliphatic rings. The largest absolute Gasteiger partial charge is 0.296 e. The average molecular weight is 223 g/mol. The molecule has 1 heterocycles. The van der Waals surface area contributed by atoms with Crippen molar-refractivity contribution in [3.8, 4) is 0 Å². The molecule has 0 amide bonds. The van der Waals surface area contributed by atoms with Crippen LogP contribution in [0.4, 0.5) is 0 Å². The molecule has 16 heavy (non-hydrogen) atoms. The zero-order chi connectivity index (χ0) is 12.7. The Hall–Kier alpha value is -0.960. The van der Waals surface area contributed by atoms with Crippen molar-refractivity contribution in [2.45, 2.75) is 53.6 Å². The lowest BCUT2D eigenvalue weighted by Crippen LogP contribution is -2.30. The van der Waals surface area contributed by atoms with Gasteiger partial charge in [0.2, 0.25) is 0 Å². The van der Waals surface area contributed by atoms with Gasteiger partial charge in [0, 0.05) is 18.4 Å². The van der Waals surface area contributed by atoms with E-state index < -0.39 is 0 Å². The monoisotopic (exact) mass is 223 g/mol. The highest BCUT2D eigenvalue weighted by Crippen LogP contribution is 2.19. The van der Waals surface area contributed by atoms with Gasteiger partial charge in [-0.1, -0.05) is 13.8 Å². The van der Waals surface area contributed by atoms with Crippen LogP contribution in [0.25, 0.3) is 0 Å². The van der Waals surface area contributed by atoms with E-state index >= 15 is 0 Å². The van der Waals surface area contributed by atoms with Crippen LogP contribution in [0, 0.1) is 6.92 Å². The van der Waals surface area contributed by atoms with Gasteiger partial charge in [0.05, 0.1) is 17.4 Å². The summed E-state index contributed by atoms with van der Waals surface area (Å²) in [5.41, 5.74) is 2.09. The predicted octanol–water partition coefficient (Wildman–Crippen LogP) is 3.21. The van der Waals surface area contributed by atoms with Crippen LogP contribution in [-0.2, 0) is 0 Å². The van der Waals surface area contributed by atoms with Gasteiger partial charge in [0.1, 0.15) is 0 Å². The maximum absolute atomic E-state index is 4.38. The Morgan fingerprint density at radius 1 is 1.06 bits per heavy atom. The smallest absolute Gasteiger partial charge is 0.0784 e. The van der Waals surface area contributed by atoms with Gasteiger partial charge in [-0.3, -0.25) is 14.9 Å². The van der Waals surface area contributed by atoms with E-state index in [1.54, 1.807) is 12.4 Å². The maximum Gasteiger partial charge on any atom is 0.0784 e. The van der Waals surface area contributed by atoms with Crippen molar-refractivity contribution in [3.05, 3.63) is 23.8 Å². The van der Waals surface area contributed by atoms with Crippen molar-refractivity contribution < 1.29 is 0 Å². The zero-order valence-corrected chi connectivity index (χ0v) is 11.7. The Balaban J connectivity index is 0.00000106. The van der Waals surface area contributed by atoms with Gasteiger partial charge < -0.3 is 0 Å². The molecule has 0 spiro atoms. The summed E-state index contributed by atoms with van der Waals surface area (Å²) in [6.45, 7) is 12.5. The second-order valence-corrected chi connectivity index (χ2v) is 3.96. The molecular formula is C13H25N3. The first-order valence-corrected chi connectivity index (χ1v) is 6.03. The van der Waals surface area contributed by atoms with Gasteiger partial charge in [0.15, 0.2) is 0 Å². The summed E-state index contributed by atoms with van der Waals surface area (Å²) >= 11 is 0. The number of aromatic nitrogens is 2. The van der Waals surface area contributed by atoms with E-state index in [2.05, 4.69) is 42.7 Å². The van der Waals surface area contributed by atoms with Gasteiger partial charge in [0.25, 0.3) is 0 Å². The summed E-state index contributed by atoms with van der Waals surface area (Å²) in [6, 6.07) is 0.843. The molecular weight excluding hydrogens is 198 g/mol. The molecule has 0 radical (unpaired) electrons. The highest BCUT2D eigenvalue weighted by molar-refractivity contribution is 5.12. The van der Waals surface area contributed by atoms with Crippen LogP contribution in [0.1, 0.15) is 52.0 Å². The summed E-state index contributed by atoms with van der Waals surface area (Å²) in [4.78, 5) is 10.9. The van der Waals surface area contributed by atoms with Crippen LogP contribution in [0.3, 0.4) is 0 Å². The molecule has 0 aliphatic carbocycles. The van der Waals surface area contributed by atoms with E-state index in [1.807, 2.05) is 20.8 Å². The van der Waals surface area contributed by atoms with Crippen LogP contribution >= 0.6 is 0 Å². The Labute approximate surface area is 99.9 Å². The lowest BCUT2D eigenvalue weighted by molar-refractivity contribution is 0.205. The minimum atomic E-state index is 0.323. The highest BCUT2D eigenvalue weighted by atomic mass is 15.2. The van der Waals surface area contributed by atoms with Gasteiger partial charge in [-0.05, 0) is 34.7 Å². The van der Waals surface area contributed by atoms with E-state index in [1.165, 1.54) is 0 Å². The number of nitrogens with zero attached hydrogens (tertiary/aromatic N) is 3. The Kier molecular flexibility index (Phi) is 6.90. The van der Waals surface area contributed by atoms with Crippen LogP contribution in [0.15, 0.2) is 12.4 Å². The molecule has 0 fully saturated rings. The van der Waals surface area contributed by atoms with Crippen molar-refractivity contribution in [3.63, 3.8) is 0 Å². The topological polar surface area (TPSA) is 29.0 Å². The van der Waals surface area contributed by atoms with E-state index in [-0.39, 0.29) is 0 Å². The van der Waals surface area contributed by atoms with Crippen LogP contribution < -0.4 is 0 Å². The van der Waals surface area contributed by atoms with Crippen molar-refractivity contribution in [1.82, 2.24) is 14.9 Å². The van der Waals surface area contributed by atoms with Crippen LogP contribution in [-0.4, -0.2) is 28.0 Å². The molecule has 0 aromatic carbocycles. The minimum Gasteiger partial charge on any atom is -0.296 e. The average Bonchev–Trinajstić information content (AvgIpc) is 2.30. The van der Waals surface area contributed by atoms with E-state index in [4.69, 9.17) is 0 Å². The lowest BCUT2D eigenvalue weighted by atomic mass is 10.1. The summed E-state index contributed by atoms with van der Waals surface area (Å²) in [5.74, 6) is 0. The van der Waals surface area contributed by atoms with Crippen molar-refractivity contribution in [2.75, 3.05) is 7.05 Å². The van der Waals surface area contributed by atoms with Gasteiger partial charge in [-0.15, -0.1) is 0 Å². The summed E-state index contributed by atoms with van der Waals surface area (Å²) in [6.07, 6.45) is 3.49. The second kappa shape index (κ2) is 7.34. The Morgan fingerprint density at radius 2 is 1.56 bits per heavy atom. The highest BCUT2D eigenvalue weighted by Gasteiger charge is 2.17. The zero-order valence-electron chi connectivity index (χ0n) is 11.7. The third kappa shape index (κ3) is 3.89. The van der Waals surface area contributed by atoms with Crippen LogP contribution in [0.5, 0.6) is 0 Å². The fraction of sp³-hybridized carbons (Fsp3) is 0.692. The van der Waals surface area contributed by atoms with Crippen LogP contribution in [0.2, 0.25) is 0 Å². The first kappa shape index (κ1) is 15.0. The molecule has 3 heteroatoms. The van der Waals surface area contributed by atoms with Gasteiger partial charge in [-0.25, -0.2) is 0 Å². The standard InChI is InChI=1S/C11H19N3.C2H6/c1-8(2)14(5)10(4)11-9(3)12-6-7-13-11;1-2/h6-8,10H,1-5H3;1-2H3. The molecule has 3 nitrogen and oxygen atoms in total.